The van der Waals surface area contributed by atoms with Crippen molar-refractivity contribution in [1.29, 1.82) is 0 Å². The van der Waals surface area contributed by atoms with Crippen LogP contribution in [0.25, 0.3) is 6.08 Å². The van der Waals surface area contributed by atoms with E-state index in [4.69, 9.17) is 10.8 Å². The zero-order valence-electron chi connectivity index (χ0n) is 8.82. The molecule has 1 aromatic rings. The molecule has 0 radical (unpaired) electrons. The molecule has 3 N–H and O–H groups in total. The number of nitrogens with two attached hydrogens (primary N) is 1. The van der Waals surface area contributed by atoms with E-state index in [1.54, 1.807) is 24.3 Å². The number of aryl methyl sites for hydroxylation is 1. The Balaban J connectivity index is 2.75. The van der Waals surface area contributed by atoms with Gasteiger partial charge in [-0.1, -0.05) is 24.3 Å². The molecule has 86 valence electrons. The largest absolute Gasteiger partial charge is 0.481 e. The number of aliphatic carboxylic acids is 1. The van der Waals surface area contributed by atoms with Gasteiger partial charge in [0.05, 0.1) is 0 Å². The second-order valence-corrected chi connectivity index (χ2v) is 3.38. The van der Waals surface area contributed by atoms with Crippen LogP contribution in [0.15, 0.2) is 24.3 Å². The second kappa shape index (κ2) is 6.02. The zero-order chi connectivity index (χ0) is 12.0. The van der Waals surface area contributed by atoms with E-state index in [2.05, 4.69) is 0 Å². The lowest BCUT2D eigenvalue weighted by atomic mass is 10.1. The topological polar surface area (TPSA) is 63.3 Å². The van der Waals surface area contributed by atoms with Gasteiger partial charge in [-0.2, -0.15) is 0 Å². The number of rotatable bonds is 5. The Hall–Kier alpha value is -1.68. The van der Waals surface area contributed by atoms with Gasteiger partial charge in [-0.05, 0) is 23.6 Å². The van der Waals surface area contributed by atoms with Crippen molar-refractivity contribution in [3.05, 3.63) is 41.2 Å². The van der Waals surface area contributed by atoms with Gasteiger partial charge < -0.3 is 10.8 Å². The Labute approximate surface area is 93.4 Å². The molecule has 0 aliphatic carbocycles. The molecule has 0 fully saturated rings. The molecule has 0 saturated heterocycles. The van der Waals surface area contributed by atoms with Gasteiger partial charge in [0.1, 0.15) is 5.82 Å². The van der Waals surface area contributed by atoms with Crippen LogP contribution in [0.1, 0.15) is 17.5 Å². The third kappa shape index (κ3) is 3.82. The molecule has 0 aromatic heterocycles. The number of halogens is 1. The highest BCUT2D eigenvalue weighted by molar-refractivity contribution is 5.67. The lowest BCUT2D eigenvalue weighted by molar-refractivity contribution is -0.136. The fourth-order valence-corrected chi connectivity index (χ4v) is 1.32. The van der Waals surface area contributed by atoms with Crippen molar-refractivity contribution >= 4 is 12.0 Å². The maximum absolute atomic E-state index is 13.5. The third-order valence-corrected chi connectivity index (χ3v) is 2.13. The molecule has 1 aromatic carbocycles. The van der Waals surface area contributed by atoms with Crippen LogP contribution in [0.4, 0.5) is 4.39 Å². The van der Waals surface area contributed by atoms with Crippen molar-refractivity contribution in [2.75, 3.05) is 6.54 Å². The quantitative estimate of drug-likeness (QED) is 0.800. The molecule has 1 rings (SSSR count). The van der Waals surface area contributed by atoms with E-state index < -0.39 is 5.97 Å². The first-order chi connectivity index (χ1) is 7.63. The first-order valence-corrected chi connectivity index (χ1v) is 5.00. The number of carboxylic acid groups (broad SMARTS) is 1. The van der Waals surface area contributed by atoms with E-state index in [1.165, 1.54) is 6.07 Å². The molecular weight excluding hydrogens is 209 g/mol. The smallest absolute Gasteiger partial charge is 0.303 e. The van der Waals surface area contributed by atoms with Crippen LogP contribution in [0, 0.1) is 5.82 Å². The van der Waals surface area contributed by atoms with Crippen LogP contribution < -0.4 is 5.73 Å². The number of hydrogen-bond donors (Lipinski definition) is 2. The molecular formula is C12H14FNO2. The molecule has 16 heavy (non-hydrogen) atoms. The van der Waals surface area contributed by atoms with Gasteiger partial charge in [-0.15, -0.1) is 0 Å². The first kappa shape index (κ1) is 12.4. The standard InChI is InChI=1S/C12H14FNO2/c13-11-8-9(2-1-7-14)3-4-10(11)5-6-12(15)16/h1-4,8H,5-7,14H2,(H,15,16). The van der Waals surface area contributed by atoms with E-state index in [1.807, 2.05) is 0 Å². The average molecular weight is 223 g/mol. The minimum atomic E-state index is -0.925. The van der Waals surface area contributed by atoms with Crippen LogP contribution >= 0.6 is 0 Å². The monoisotopic (exact) mass is 223 g/mol. The van der Waals surface area contributed by atoms with Crippen molar-refractivity contribution in [1.82, 2.24) is 0 Å². The highest BCUT2D eigenvalue weighted by Gasteiger charge is 2.05. The van der Waals surface area contributed by atoms with E-state index in [-0.39, 0.29) is 18.7 Å². The Morgan fingerprint density at radius 2 is 2.25 bits per heavy atom. The summed E-state index contributed by atoms with van der Waals surface area (Å²) in [6.45, 7) is 0.405. The molecule has 0 aliphatic rings. The molecule has 0 unspecified atom stereocenters. The van der Waals surface area contributed by atoms with Gasteiger partial charge in [0.25, 0.3) is 0 Å². The minimum absolute atomic E-state index is 0.0606. The Morgan fingerprint density at radius 1 is 1.50 bits per heavy atom. The van der Waals surface area contributed by atoms with Crippen LogP contribution in [0.3, 0.4) is 0 Å². The van der Waals surface area contributed by atoms with E-state index in [0.29, 0.717) is 12.1 Å². The highest BCUT2D eigenvalue weighted by Crippen LogP contribution is 2.13. The van der Waals surface area contributed by atoms with Gasteiger partial charge >= 0.3 is 5.97 Å². The molecule has 3 nitrogen and oxygen atoms in total. The van der Waals surface area contributed by atoms with Crippen LogP contribution in [-0.4, -0.2) is 17.6 Å². The summed E-state index contributed by atoms with van der Waals surface area (Å²) in [7, 11) is 0. The Kier molecular flexibility index (Phi) is 4.66. The lowest BCUT2D eigenvalue weighted by Crippen LogP contribution is -1.99. The molecule has 0 amide bonds. The number of hydrogen-bond acceptors (Lipinski definition) is 2. The van der Waals surface area contributed by atoms with Crippen LogP contribution in [0.5, 0.6) is 0 Å². The molecule has 0 atom stereocenters. The second-order valence-electron chi connectivity index (χ2n) is 3.38. The van der Waals surface area contributed by atoms with Crippen molar-refractivity contribution in [2.45, 2.75) is 12.8 Å². The van der Waals surface area contributed by atoms with E-state index >= 15 is 0 Å². The van der Waals surface area contributed by atoms with Crippen molar-refractivity contribution in [2.24, 2.45) is 5.73 Å². The molecule has 0 aliphatic heterocycles. The van der Waals surface area contributed by atoms with Crippen LogP contribution in [-0.2, 0) is 11.2 Å². The summed E-state index contributed by atoms with van der Waals surface area (Å²) in [5.41, 5.74) is 6.43. The summed E-state index contributed by atoms with van der Waals surface area (Å²) in [6, 6.07) is 4.73. The van der Waals surface area contributed by atoms with Gasteiger partial charge in [0.15, 0.2) is 0 Å². The summed E-state index contributed by atoms with van der Waals surface area (Å²) < 4.78 is 13.5. The molecule has 0 heterocycles. The van der Waals surface area contributed by atoms with Crippen molar-refractivity contribution < 1.29 is 14.3 Å². The minimum Gasteiger partial charge on any atom is -0.481 e. The van der Waals surface area contributed by atoms with E-state index in [0.717, 1.165) is 5.56 Å². The summed E-state index contributed by atoms with van der Waals surface area (Å²) in [5.74, 6) is -1.30. The fourth-order valence-electron chi connectivity index (χ4n) is 1.32. The lowest BCUT2D eigenvalue weighted by Gasteiger charge is -2.02. The van der Waals surface area contributed by atoms with Gasteiger partial charge in [-0.25, -0.2) is 4.39 Å². The van der Waals surface area contributed by atoms with Gasteiger partial charge in [-0.3, -0.25) is 4.79 Å². The molecule has 0 bridgehead atoms. The van der Waals surface area contributed by atoms with Gasteiger partial charge in [0, 0.05) is 13.0 Å². The number of carbonyl (C=O) groups is 1. The Bertz CT molecular complexity index is 402. The highest BCUT2D eigenvalue weighted by atomic mass is 19.1. The number of benzene rings is 1. The van der Waals surface area contributed by atoms with Crippen LogP contribution in [0.2, 0.25) is 0 Å². The molecule has 0 spiro atoms. The fraction of sp³-hybridized carbons (Fsp3) is 0.250. The molecule has 0 saturated carbocycles. The Morgan fingerprint density at radius 3 is 2.81 bits per heavy atom. The van der Waals surface area contributed by atoms with Crippen molar-refractivity contribution in [3.8, 4) is 0 Å². The van der Waals surface area contributed by atoms with Gasteiger partial charge in [0.2, 0.25) is 0 Å². The summed E-state index contributed by atoms with van der Waals surface area (Å²) in [5, 5.41) is 8.49. The first-order valence-electron chi connectivity index (χ1n) is 5.00. The maximum Gasteiger partial charge on any atom is 0.303 e. The summed E-state index contributed by atoms with van der Waals surface area (Å²) in [6.07, 6.45) is 3.60. The van der Waals surface area contributed by atoms with Crippen molar-refractivity contribution in [3.63, 3.8) is 0 Å². The average Bonchev–Trinajstić information content (AvgIpc) is 2.24. The SMILES string of the molecule is NCC=Cc1ccc(CCC(=O)O)c(F)c1. The van der Waals surface area contributed by atoms with E-state index in [9.17, 15) is 9.18 Å². The summed E-state index contributed by atoms with van der Waals surface area (Å²) in [4.78, 5) is 10.3. The maximum atomic E-state index is 13.5. The molecule has 4 heteroatoms. The predicted molar refractivity (Wildman–Crippen MR) is 60.4 cm³/mol. The summed E-state index contributed by atoms with van der Waals surface area (Å²) >= 11 is 0. The normalized spacial score (nSPS) is 10.9. The zero-order valence-corrected chi connectivity index (χ0v) is 8.82. The third-order valence-electron chi connectivity index (χ3n) is 2.13. The predicted octanol–water partition coefficient (Wildman–Crippen LogP) is 1.81. The number of carboxylic acids is 1.